The molecule has 0 bridgehead atoms. The zero-order chi connectivity index (χ0) is 21.6. The number of hydrogen-bond donors (Lipinski definition) is 3. The number of amides is 1. The molecule has 1 saturated heterocycles. The van der Waals surface area contributed by atoms with Crippen molar-refractivity contribution in [2.24, 2.45) is 0 Å². The third kappa shape index (κ3) is 5.29. The summed E-state index contributed by atoms with van der Waals surface area (Å²) in [4.78, 5) is 26.0. The van der Waals surface area contributed by atoms with Crippen LogP contribution in [0, 0.1) is 0 Å². The summed E-state index contributed by atoms with van der Waals surface area (Å²) >= 11 is 0. The van der Waals surface area contributed by atoms with Gasteiger partial charge >= 0.3 is 0 Å². The van der Waals surface area contributed by atoms with Gasteiger partial charge in [-0.15, -0.1) is 0 Å². The maximum atomic E-state index is 12.5. The molecule has 0 spiro atoms. The number of carbonyl (C=O) groups is 1. The molecule has 0 saturated carbocycles. The number of carbonyl (C=O) groups excluding carboxylic acids is 1. The lowest BCUT2D eigenvalue weighted by atomic mass is 10.1. The largest absolute Gasteiger partial charge is 0.397 e. The molecule has 1 aliphatic rings. The highest BCUT2D eigenvalue weighted by molar-refractivity contribution is 6.05. The molecule has 3 aromatic rings. The lowest BCUT2D eigenvalue weighted by molar-refractivity contribution is 0.102. The number of rotatable bonds is 6. The Kier molecular flexibility index (Phi) is 6.28. The SMILES string of the molecule is CN1CCN(c2ccnc(NCc3ccc(C(=O)Nc4ccccc4N)cc3)n2)CC1. The van der Waals surface area contributed by atoms with Crippen LogP contribution in [0.4, 0.5) is 23.1 Å². The second-order valence-electron chi connectivity index (χ2n) is 7.62. The van der Waals surface area contributed by atoms with E-state index in [1.165, 1.54) is 0 Å². The molecule has 0 radical (unpaired) electrons. The second-order valence-corrected chi connectivity index (χ2v) is 7.62. The zero-order valence-electron chi connectivity index (χ0n) is 17.6. The summed E-state index contributed by atoms with van der Waals surface area (Å²) < 4.78 is 0. The van der Waals surface area contributed by atoms with Gasteiger partial charge in [0.25, 0.3) is 5.91 Å². The molecule has 8 nitrogen and oxygen atoms in total. The quantitative estimate of drug-likeness (QED) is 0.530. The first-order chi connectivity index (χ1) is 15.1. The van der Waals surface area contributed by atoms with E-state index in [1.54, 1.807) is 30.5 Å². The van der Waals surface area contributed by atoms with Gasteiger partial charge in [-0.1, -0.05) is 24.3 Å². The molecule has 31 heavy (non-hydrogen) atoms. The molecule has 4 rings (SSSR count). The summed E-state index contributed by atoms with van der Waals surface area (Å²) in [5.74, 6) is 1.34. The number of likely N-dealkylation sites (N-methyl/N-ethyl adjacent to an activating group) is 1. The fourth-order valence-corrected chi connectivity index (χ4v) is 3.41. The Hall–Kier alpha value is -3.65. The van der Waals surface area contributed by atoms with Crippen molar-refractivity contribution >= 4 is 29.0 Å². The minimum atomic E-state index is -0.194. The Balaban J connectivity index is 1.34. The molecule has 160 valence electrons. The number of hydrogen-bond acceptors (Lipinski definition) is 7. The van der Waals surface area contributed by atoms with Gasteiger partial charge in [-0.2, -0.15) is 4.98 Å². The predicted octanol–water partition coefficient (Wildman–Crippen LogP) is 2.68. The van der Waals surface area contributed by atoms with Gasteiger partial charge in [0.05, 0.1) is 11.4 Å². The first-order valence-corrected chi connectivity index (χ1v) is 10.3. The van der Waals surface area contributed by atoms with Gasteiger partial charge in [0.2, 0.25) is 5.95 Å². The van der Waals surface area contributed by atoms with Crippen LogP contribution in [-0.2, 0) is 6.54 Å². The summed E-state index contributed by atoms with van der Waals surface area (Å²) in [6, 6.07) is 16.6. The molecule has 2 heterocycles. The number of nitrogens with zero attached hydrogens (tertiary/aromatic N) is 4. The number of aromatic nitrogens is 2. The van der Waals surface area contributed by atoms with Gasteiger partial charge in [0, 0.05) is 44.5 Å². The maximum Gasteiger partial charge on any atom is 0.255 e. The molecular weight excluding hydrogens is 390 g/mol. The Morgan fingerprint density at radius 1 is 1.03 bits per heavy atom. The van der Waals surface area contributed by atoms with Crippen LogP contribution in [0.25, 0.3) is 0 Å². The highest BCUT2D eigenvalue weighted by Crippen LogP contribution is 2.18. The highest BCUT2D eigenvalue weighted by atomic mass is 16.1. The minimum absolute atomic E-state index is 0.194. The Bertz CT molecular complexity index is 1030. The van der Waals surface area contributed by atoms with E-state index < -0.39 is 0 Å². The lowest BCUT2D eigenvalue weighted by Gasteiger charge is -2.33. The van der Waals surface area contributed by atoms with Crippen molar-refractivity contribution in [3.8, 4) is 0 Å². The summed E-state index contributed by atoms with van der Waals surface area (Å²) in [5, 5.41) is 6.11. The van der Waals surface area contributed by atoms with Gasteiger partial charge in [-0.05, 0) is 42.9 Å². The Labute approximate surface area is 182 Å². The van der Waals surface area contributed by atoms with Crippen molar-refractivity contribution in [3.05, 3.63) is 71.9 Å². The van der Waals surface area contributed by atoms with E-state index >= 15 is 0 Å². The number of nitrogens with one attached hydrogen (secondary N) is 2. The summed E-state index contributed by atoms with van der Waals surface area (Å²) in [5.41, 5.74) is 8.64. The third-order valence-electron chi connectivity index (χ3n) is 5.34. The standard InChI is InChI=1S/C23H27N7O/c1-29-12-14-30(15-13-29)21-10-11-25-23(28-21)26-16-17-6-8-18(9-7-17)22(31)27-20-5-3-2-4-19(20)24/h2-11H,12-16,24H2,1H3,(H,27,31)(H,25,26,28). The molecule has 0 aliphatic carbocycles. The minimum Gasteiger partial charge on any atom is -0.397 e. The highest BCUT2D eigenvalue weighted by Gasteiger charge is 2.15. The molecule has 4 N–H and O–H groups in total. The first-order valence-electron chi connectivity index (χ1n) is 10.3. The molecule has 1 fully saturated rings. The summed E-state index contributed by atoms with van der Waals surface area (Å²) in [7, 11) is 2.14. The van der Waals surface area contributed by atoms with Crippen LogP contribution >= 0.6 is 0 Å². The lowest BCUT2D eigenvalue weighted by Crippen LogP contribution is -2.44. The van der Waals surface area contributed by atoms with Crippen molar-refractivity contribution in [1.29, 1.82) is 0 Å². The fourth-order valence-electron chi connectivity index (χ4n) is 3.41. The Morgan fingerprint density at radius 3 is 2.52 bits per heavy atom. The first kappa shape index (κ1) is 20.6. The number of para-hydroxylation sites is 2. The molecule has 0 atom stereocenters. The van der Waals surface area contributed by atoms with Crippen LogP contribution in [0.15, 0.2) is 60.8 Å². The van der Waals surface area contributed by atoms with Crippen LogP contribution in [0.2, 0.25) is 0 Å². The van der Waals surface area contributed by atoms with Gasteiger partial charge in [0.15, 0.2) is 0 Å². The van der Waals surface area contributed by atoms with E-state index in [2.05, 4.69) is 37.4 Å². The van der Waals surface area contributed by atoms with E-state index in [4.69, 9.17) is 5.73 Å². The van der Waals surface area contributed by atoms with E-state index in [-0.39, 0.29) is 5.91 Å². The monoisotopic (exact) mass is 417 g/mol. The average Bonchev–Trinajstić information content (AvgIpc) is 2.80. The van der Waals surface area contributed by atoms with Gasteiger partial charge in [-0.3, -0.25) is 4.79 Å². The van der Waals surface area contributed by atoms with Crippen molar-refractivity contribution in [2.75, 3.05) is 54.5 Å². The zero-order valence-corrected chi connectivity index (χ0v) is 17.6. The van der Waals surface area contributed by atoms with Gasteiger partial charge in [0.1, 0.15) is 5.82 Å². The number of nitrogens with two attached hydrogens (primary N) is 1. The molecule has 8 heteroatoms. The van der Waals surface area contributed by atoms with Crippen molar-refractivity contribution in [2.45, 2.75) is 6.54 Å². The third-order valence-corrected chi connectivity index (χ3v) is 5.34. The van der Waals surface area contributed by atoms with E-state index in [1.807, 2.05) is 30.3 Å². The summed E-state index contributed by atoms with van der Waals surface area (Å²) in [6.07, 6.45) is 1.78. The van der Waals surface area contributed by atoms with Crippen LogP contribution < -0.4 is 21.3 Å². The molecule has 1 aromatic heterocycles. The maximum absolute atomic E-state index is 12.5. The smallest absolute Gasteiger partial charge is 0.255 e. The topological polar surface area (TPSA) is 99.4 Å². The van der Waals surface area contributed by atoms with Crippen molar-refractivity contribution < 1.29 is 4.79 Å². The van der Waals surface area contributed by atoms with Gasteiger partial charge < -0.3 is 26.2 Å². The number of piperazine rings is 1. The molecule has 1 amide bonds. The number of nitrogen functional groups attached to an aromatic ring is 1. The Morgan fingerprint density at radius 2 is 1.77 bits per heavy atom. The van der Waals surface area contributed by atoms with Crippen LogP contribution in [0.5, 0.6) is 0 Å². The predicted molar refractivity (Wildman–Crippen MR) is 124 cm³/mol. The molecule has 0 unspecified atom stereocenters. The van der Waals surface area contributed by atoms with Crippen molar-refractivity contribution in [3.63, 3.8) is 0 Å². The normalized spacial score (nSPS) is 14.3. The van der Waals surface area contributed by atoms with E-state index in [0.717, 1.165) is 37.6 Å². The van der Waals surface area contributed by atoms with Crippen LogP contribution in [-0.4, -0.2) is 54.0 Å². The molecule has 2 aromatic carbocycles. The van der Waals surface area contributed by atoms with Crippen molar-refractivity contribution in [1.82, 2.24) is 14.9 Å². The summed E-state index contributed by atoms with van der Waals surface area (Å²) in [6.45, 7) is 4.56. The van der Waals surface area contributed by atoms with E-state index in [0.29, 0.717) is 29.4 Å². The molecule has 1 aliphatic heterocycles. The van der Waals surface area contributed by atoms with Gasteiger partial charge in [-0.25, -0.2) is 4.98 Å². The second kappa shape index (κ2) is 9.44. The average molecular weight is 418 g/mol. The van der Waals surface area contributed by atoms with Crippen LogP contribution in [0.3, 0.4) is 0 Å². The molecular formula is C23H27N7O. The van der Waals surface area contributed by atoms with E-state index in [9.17, 15) is 4.79 Å². The number of benzene rings is 2. The number of anilines is 4. The fraction of sp³-hybridized carbons (Fsp3) is 0.261. The van der Waals surface area contributed by atoms with Crippen LogP contribution in [0.1, 0.15) is 15.9 Å².